The first-order valence-corrected chi connectivity index (χ1v) is 6.92. The number of hydrogen-bond donors (Lipinski definition) is 0. The van der Waals surface area contributed by atoms with Gasteiger partial charge in [-0.1, -0.05) is 12.5 Å². The fourth-order valence-electron chi connectivity index (χ4n) is 1.02. The van der Waals surface area contributed by atoms with E-state index in [4.69, 9.17) is 8.85 Å². The van der Waals surface area contributed by atoms with E-state index in [9.17, 15) is 0 Å². The Bertz CT molecular complexity index is 122. The van der Waals surface area contributed by atoms with Crippen molar-refractivity contribution >= 4 is 8.56 Å². The maximum absolute atomic E-state index is 5.36. The van der Waals surface area contributed by atoms with Crippen molar-refractivity contribution in [3.63, 3.8) is 0 Å². The zero-order chi connectivity index (χ0) is 9.45. The molecule has 0 unspecified atom stereocenters. The van der Waals surface area contributed by atoms with Gasteiger partial charge in [0.05, 0.1) is 0 Å². The van der Waals surface area contributed by atoms with Crippen LogP contribution >= 0.6 is 0 Å². The second kappa shape index (κ2) is 6.40. The average molecular weight is 188 g/mol. The van der Waals surface area contributed by atoms with Gasteiger partial charge in [-0.2, -0.15) is 0 Å². The van der Waals surface area contributed by atoms with E-state index >= 15 is 0 Å². The average Bonchev–Trinajstić information content (AvgIpc) is 2.12. The van der Waals surface area contributed by atoms with Crippen LogP contribution in [0.2, 0.25) is 12.6 Å². The third kappa shape index (κ3) is 4.69. The fourth-order valence-corrected chi connectivity index (χ4v) is 2.49. The molecule has 0 atom stereocenters. The predicted molar refractivity (Wildman–Crippen MR) is 54.5 cm³/mol. The van der Waals surface area contributed by atoms with Gasteiger partial charge in [0.1, 0.15) is 0 Å². The highest BCUT2D eigenvalue weighted by Gasteiger charge is 2.27. The molecule has 0 aromatic carbocycles. The summed E-state index contributed by atoms with van der Waals surface area (Å²) in [7, 11) is 1.70. The van der Waals surface area contributed by atoms with E-state index in [1.54, 1.807) is 14.2 Å². The summed E-state index contributed by atoms with van der Waals surface area (Å²) in [5, 5.41) is 0. The summed E-state index contributed by atoms with van der Waals surface area (Å²) in [6.07, 6.45) is 5.42. The largest absolute Gasteiger partial charge is 0.398 e. The van der Waals surface area contributed by atoms with Gasteiger partial charge >= 0.3 is 8.56 Å². The van der Waals surface area contributed by atoms with Crippen LogP contribution < -0.4 is 0 Å². The summed E-state index contributed by atoms with van der Waals surface area (Å²) < 4.78 is 10.7. The molecule has 0 radical (unpaired) electrons. The van der Waals surface area contributed by atoms with E-state index in [1.807, 2.05) is 6.08 Å². The van der Waals surface area contributed by atoms with Crippen LogP contribution in [0.15, 0.2) is 12.7 Å². The lowest BCUT2D eigenvalue weighted by molar-refractivity contribution is 0.248. The maximum Gasteiger partial charge on any atom is 0.334 e. The van der Waals surface area contributed by atoms with Gasteiger partial charge in [0.15, 0.2) is 0 Å². The molecule has 0 heterocycles. The Balaban J connectivity index is 3.51. The Morgan fingerprint density at radius 2 is 1.83 bits per heavy atom. The molecule has 0 aliphatic heterocycles. The summed E-state index contributed by atoms with van der Waals surface area (Å²) in [5.41, 5.74) is 0. The molecule has 0 amide bonds. The quantitative estimate of drug-likeness (QED) is 0.347. The van der Waals surface area contributed by atoms with Crippen LogP contribution in [0.4, 0.5) is 0 Å². The summed E-state index contributed by atoms with van der Waals surface area (Å²) in [5.74, 6) is 0. The van der Waals surface area contributed by atoms with Crippen LogP contribution in [0, 0.1) is 0 Å². The first kappa shape index (κ1) is 11.9. The van der Waals surface area contributed by atoms with E-state index in [0.29, 0.717) is 0 Å². The van der Waals surface area contributed by atoms with Gasteiger partial charge in [0, 0.05) is 14.2 Å². The second-order valence-corrected chi connectivity index (χ2v) is 6.66. The SMILES string of the molecule is C=CCCCC[Si](C)(OC)OC. The third-order valence-electron chi connectivity index (χ3n) is 2.15. The number of hydrogen-bond acceptors (Lipinski definition) is 2. The van der Waals surface area contributed by atoms with Gasteiger partial charge in [-0.25, -0.2) is 0 Å². The lowest BCUT2D eigenvalue weighted by Crippen LogP contribution is -2.35. The van der Waals surface area contributed by atoms with E-state index in [2.05, 4.69) is 13.1 Å². The van der Waals surface area contributed by atoms with Gasteiger partial charge in [-0.15, -0.1) is 6.58 Å². The summed E-state index contributed by atoms with van der Waals surface area (Å²) in [6.45, 7) is 5.78. The van der Waals surface area contributed by atoms with E-state index in [1.165, 1.54) is 12.8 Å². The molecule has 2 nitrogen and oxygen atoms in total. The molecule has 0 fully saturated rings. The molecule has 0 aromatic rings. The molecular weight excluding hydrogens is 168 g/mol. The number of unbranched alkanes of at least 4 members (excludes halogenated alkanes) is 2. The van der Waals surface area contributed by atoms with Gasteiger partial charge in [-0.3, -0.25) is 0 Å². The lowest BCUT2D eigenvalue weighted by atomic mass is 10.2. The predicted octanol–water partition coefficient (Wildman–Crippen LogP) is 2.71. The summed E-state index contributed by atoms with van der Waals surface area (Å²) in [4.78, 5) is 0. The highest BCUT2D eigenvalue weighted by atomic mass is 28.4. The highest BCUT2D eigenvalue weighted by molar-refractivity contribution is 6.65. The molecule has 0 spiro atoms. The minimum atomic E-state index is -1.78. The topological polar surface area (TPSA) is 18.5 Å². The zero-order valence-corrected chi connectivity index (χ0v) is 9.43. The number of rotatable bonds is 7. The van der Waals surface area contributed by atoms with Crippen LogP contribution in [-0.4, -0.2) is 22.8 Å². The van der Waals surface area contributed by atoms with Crippen LogP contribution in [-0.2, 0) is 8.85 Å². The zero-order valence-electron chi connectivity index (χ0n) is 8.43. The molecule has 0 N–H and O–H groups in total. The Kier molecular flexibility index (Phi) is 6.33. The minimum Gasteiger partial charge on any atom is -0.398 e. The van der Waals surface area contributed by atoms with Gasteiger partial charge in [-0.05, 0) is 25.4 Å². The van der Waals surface area contributed by atoms with E-state index in [-0.39, 0.29) is 0 Å². The molecule has 72 valence electrons. The first-order chi connectivity index (χ1) is 5.68. The summed E-state index contributed by atoms with van der Waals surface area (Å²) in [6, 6.07) is 1.08. The lowest BCUT2D eigenvalue weighted by Gasteiger charge is -2.22. The van der Waals surface area contributed by atoms with E-state index < -0.39 is 8.56 Å². The van der Waals surface area contributed by atoms with Crippen molar-refractivity contribution in [3.05, 3.63) is 12.7 Å². The molecule has 0 saturated carbocycles. The van der Waals surface area contributed by atoms with Gasteiger partial charge < -0.3 is 8.85 Å². The molecule has 0 rings (SSSR count). The smallest absolute Gasteiger partial charge is 0.334 e. The van der Waals surface area contributed by atoms with Crippen LogP contribution in [0.25, 0.3) is 0 Å². The Morgan fingerprint density at radius 3 is 2.25 bits per heavy atom. The molecule has 3 heteroatoms. The molecule has 0 saturated heterocycles. The molecule has 0 aliphatic carbocycles. The minimum absolute atomic E-state index is 1.08. The Hall–Kier alpha value is -0.123. The van der Waals surface area contributed by atoms with E-state index in [0.717, 1.165) is 12.5 Å². The molecular formula is C9H20O2Si. The van der Waals surface area contributed by atoms with Crippen molar-refractivity contribution in [2.45, 2.75) is 31.9 Å². The summed E-state index contributed by atoms with van der Waals surface area (Å²) >= 11 is 0. The normalized spacial score (nSPS) is 11.6. The second-order valence-electron chi connectivity index (χ2n) is 3.08. The van der Waals surface area contributed by atoms with Crippen LogP contribution in [0.1, 0.15) is 19.3 Å². The molecule has 0 aromatic heterocycles. The van der Waals surface area contributed by atoms with Gasteiger partial charge in [0.25, 0.3) is 0 Å². The Morgan fingerprint density at radius 1 is 1.25 bits per heavy atom. The van der Waals surface area contributed by atoms with Crippen molar-refractivity contribution in [2.75, 3.05) is 14.2 Å². The third-order valence-corrected chi connectivity index (χ3v) is 5.14. The van der Waals surface area contributed by atoms with Gasteiger partial charge in [0.2, 0.25) is 0 Å². The highest BCUT2D eigenvalue weighted by Crippen LogP contribution is 2.15. The van der Waals surface area contributed by atoms with Crippen molar-refractivity contribution < 1.29 is 8.85 Å². The molecule has 0 bridgehead atoms. The standard InChI is InChI=1S/C9H20O2Si/c1-5-6-7-8-9-12(4,10-2)11-3/h5H,1,6-9H2,2-4H3. The van der Waals surface area contributed by atoms with Crippen molar-refractivity contribution in [1.82, 2.24) is 0 Å². The molecule has 0 aliphatic rings. The van der Waals surface area contributed by atoms with Crippen molar-refractivity contribution in [3.8, 4) is 0 Å². The maximum atomic E-state index is 5.36. The fraction of sp³-hybridized carbons (Fsp3) is 0.778. The van der Waals surface area contributed by atoms with Crippen molar-refractivity contribution in [1.29, 1.82) is 0 Å². The first-order valence-electron chi connectivity index (χ1n) is 4.39. The monoisotopic (exact) mass is 188 g/mol. The van der Waals surface area contributed by atoms with Crippen LogP contribution in [0.5, 0.6) is 0 Å². The Labute approximate surface area is 76.8 Å². The molecule has 12 heavy (non-hydrogen) atoms. The van der Waals surface area contributed by atoms with Crippen LogP contribution in [0.3, 0.4) is 0 Å². The number of allylic oxidation sites excluding steroid dienone is 1. The van der Waals surface area contributed by atoms with Crippen molar-refractivity contribution in [2.24, 2.45) is 0 Å².